The Morgan fingerprint density at radius 3 is 2.40 bits per heavy atom. The monoisotopic (exact) mass is 274 g/mol. The van der Waals surface area contributed by atoms with E-state index >= 15 is 0 Å². The Labute approximate surface area is 122 Å². The van der Waals surface area contributed by atoms with E-state index < -0.39 is 0 Å². The molecule has 1 aromatic carbocycles. The van der Waals surface area contributed by atoms with Crippen LogP contribution in [-0.4, -0.2) is 36.5 Å². The highest BCUT2D eigenvalue weighted by atomic mass is 16.2. The van der Waals surface area contributed by atoms with Crippen LogP contribution >= 0.6 is 0 Å². The normalized spacial score (nSPS) is 19.6. The molecule has 0 bridgehead atoms. The molecule has 1 heterocycles. The third-order valence-corrected chi connectivity index (χ3v) is 4.18. The molecule has 0 aliphatic carbocycles. The summed E-state index contributed by atoms with van der Waals surface area (Å²) in [4.78, 5) is 16.2. The maximum atomic E-state index is 11.8. The summed E-state index contributed by atoms with van der Waals surface area (Å²) >= 11 is 0. The van der Waals surface area contributed by atoms with Gasteiger partial charge in [-0.3, -0.25) is 4.79 Å². The minimum absolute atomic E-state index is 0.271. The van der Waals surface area contributed by atoms with Crippen molar-refractivity contribution in [3.8, 4) is 0 Å². The van der Waals surface area contributed by atoms with Crippen molar-refractivity contribution in [3.63, 3.8) is 0 Å². The van der Waals surface area contributed by atoms with Crippen molar-refractivity contribution in [3.05, 3.63) is 29.8 Å². The molecule has 1 aromatic rings. The molecule has 3 heteroatoms. The van der Waals surface area contributed by atoms with E-state index in [0.29, 0.717) is 18.4 Å². The Kier molecular flexibility index (Phi) is 4.69. The molecular weight excluding hydrogens is 248 g/mol. The number of benzene rings is 1. The van der Waals surface area contributed by atoms with Gasteiger partial charge in [-0.2, -0.15) is 0 Å². The van der Waals surface area contributed by atoms with Gasteiger partial charge in [-0.05, 0) is 30.5 Å². The zero-order chi connectivity index (χ0) is 14.7. The molecule has 1 fully saturated rings. The van der Waals surface area contributed by atoms with E-state index in [1.54, 1.807) is 0 Å². The van der Waals surface area contributed by atoms with Gasteiger partial charge < -0.3 is 9.80 Å². The van der Waals surface area contributed by atoms with Crippen LogP contribution in [0.5, 0.6) is 0 Å². The van der Waals surface area contributed by atoms with Crippen LogP contribution < -0.4 is 4.90 Å². The number of amides is 1. The molecule has 110 valence electrons. The largest absolute Gasteiger partial charge is 0.368 e. The molecular formula is C17H26N2O. The van der Waals surface area contributed by atoms with Gasteiger partial charge in [0.25, 0.3) is 0 Å². The molecule has 1 saturated heterocycles. The predicted octanol–water partition coefficient (Wildman–Crippen LogP) is 3.26. The van der Waals surface area contributed by atoms with Crippen LogP contribution in [0.2, 0.25) is 0 Å². The van der Waals surface area contributed by atoms with Gasteiger partial charge in [-0.15, -0.1) is 0 Å². The second-order valence-corrected chi connectivity index (χ2v) is 5.98. The summed E-state index contributed by atoms with van der Waals surface area (Å²) in [5.41, 5.74) is 2.64. The van der Waals surface area contributed by atoms with Gasteiger partial charge in [-0.25, -0.2) is 0 Å². The fourth-order valence-electron chi connectivity index (χ4n) is 2.84. The predicted molar refractivity (Wildman–Crippen MR) is 84.2 cm³/mol. The van der Waals surface area contributed by atoms with Crippen LogP contribution in [0, 0.1) is 0 Å². The summed E-state index contributed by atoms with van der Waals surface area (Å²) in [5.74, 6) is 0.842. The summed E-state index contributed by atoms with van der Waals surface area (Å²) in [6, 6.07) is 9.14. The molecule has 0 saturated carbocycles. The van der Waals surface area contributed by atoms with Gasteiger partial charge >= 0.3 is 0 Å². The number of piperazine rings is 1. The maximum absolute atomic E-state index is 11.8. The molecule has 3 nitrogen and oxygen atoms in total. The molecule has 1 atom stereocenters. The van der Waals surface area contributed by atoms with Gasteiger partial charge in [0.2, 0.25) is 5.91 Å². The lowest BCUT2D eigenvalue weighted by atomic mass is 10.0. The lowest BCUT2D eigenvalue weighted by molar-refractivity contribution is -0.133. The summed E-state index contributed by atoms with van der Waals surface area (Å²) in [6.45, 7) is 11.2. The fourth-order valence-corrected chi connectivity index (χ4v) is 2.84. The van der Waals surface area contributed by atoms with Crippen molar-refractivity contribution in [1.82, 2.24) is 4.90 Å². The molecule has 0 aromatic heterocycles. The van der Waals surface area contributed by atoms with Crippen LogP contribution in [0.3, 0.4) is 0 Å². The first kappa shape index (κ1) is 14.9. The summed E-state index contributed by atoms with van der Waals surface area (Å²) in [6.07, 6.45) is 0.605. The topological polar surface area (TPSA) is 23.6 Å². The van der Waals surface area contributed by atoms with Gasteiger partial charge in [-0.1, -0.05) is 32.9 Å². The van der Waals surface area contributed by atoms with E-state index in [-0.39, 0.29) is 5.91 Å². The molecule has 1 aliphatic rings. The Bertz CT molecular complexity index is 453. The first-order valence-corrected chi connectivity index (χ1v) is 7.67. The van der Waals surface area contributed by atoms with Crippen LogP contribution in [0.1, 0.15) is 45.6 Å². The number of rotatable bonds is 3. The summed E-state index contributed by atoms with van der Waals surface area (Å²) < 4.78 is 0. The smallest absolute Gasteiger partial charge is 0.222 e. The van der Waals surface area contributed by atoms with E-state index in [4.69, 9.17) is 0 Å². The van der Waals surface area contributed by atoms with E-state index in [2.05, 4.69) is 49.9 Å². The highest BCUT2D eigenvalue weighted by Crippen LogP contribution is 2.22. The fraction of sp³-hybridized carbons (Fsp3) is 0.588. The van der Waals surface area contributed by atoms with E-state index in [9.17, 15) is 4.79 Å². The molecule has 1 amide bonds. The lowest BCUT2D eigenvalue weighted by Gasteiger charge is -2.41. The number of carbonyl (C=O) groups excluding carboxylic acids is 1. The van der Waals surface area contributed by atoms with Crippen molar-refractivity contribution in [2.75, 3.05) is 24.5 Å². The van der Waals surface area contributed by atoms with Gasteiger partial charge in [0.1, 0.15) is 0 Å². The molecule has 0 spiro atoms. The average Bonchev–Trinajstić information content (AvgIpc) is 2.46. The first-order valence-electron chi connectivity index (χ1n) is 7.67. The third-order valence-electron chi connectivity index (χ3n) is 4.18. The van der Waals surface area contributed by atoms with Gasteiger partial charge in [0, 0.05) is 37.8 Å². The molecule has 1 aliphatic heterocycles. The number of hydrogen-bond donors (Lipinski definition) is 0. The van der Waals surface area contributed by atoms with Crippen molar-refractivity contribution in [1.29, 1.82) is 0 Å². The Balaban J connectivity index is 2.03. The SMILES string of the molecule is CCC(=O)N1CCN(c2ccc(C(C)C)cc2)C[C@@H]1C. The van der Waals surface area contributed by atoms with E-state index in [0.717, 1.165) is 19.6 Å². The van der Waals surface area contributed by atoms with Crippen LogP contribution in [-0.2, 0) is 4.79 Å². The number of hydrogen-bond acceptors (Lipinski definition) is 2. The molecule has 2 rings (SSSR count). The Hall–Kier alpha value is -1.51. The first-order chi connectivity index (χ1) is 9.52. The van der Waals surface area contributed by atoms with Gasteiger partial charge in [0.15, 0.2) is 0 Å². The molecule has 0 unspecified atom stereocenters. The standard InChI is InChI=1S/C17H26N2O/c1-5-17(20)19-11-10-18(12-14(19)4)16-8-6-15(7-9-16)13(2)3/h6-9,13-14H,5,10-12H2,1-4H3/t14-/m0/s1. The van der Waals surface area contributed by atoms with Crippen molar-refractivity contribution in [2.24, 2.45) is 0 Å². The number of anilines is 1. The second-order valence-electron chi connectivity index (χ2n) is 5.98. The van der Waals surface area contributed by atoms with Crippen LogP contribution in [0.15, 0.2) is 24.3 Å². The third kappa shape index (κ3) is 3.14. The van der Waals surface area contributed by atoms with Crippen LogP contribution in [0.25, 0.3) is 0 Å². The average molecular weight is 274 g/mol. The number of carbonyl (C=O) groups is 1. The highest BCUT2D eigenvalue weighted by molar-refractivity contribution is 5.76. The zero-order valence-corrected chi connectivity index (χ0v) is 13.1. The van der Waals surface area contributed by atoms with Crippen molar-refractivity contribution in [2.45, 2.75) is 46.1 Å². The van der Waals surface area contributed by atoms with Crippen molar-refractivity contribution < 1.29 is 4.79 Å². The Morgan fingerprint density at radius 1 is 1.25 bits per heavy atom. The van der Waals surface area contributed by atoms with Gasteiger partial charge in [0.05, 0.1) is 0 Å². The highest BCUT2D eigenvalue weighted by Gasteiger charge is 2.26. The minimum atomic E-state index is 0.271. The number of nitrogens with zero attached hydrogens (tertiary/aromatic N) is 2. The maximum Gasteiger partial charge on any atom is 0.222 e. The summed E-state index contributed by atoms with van der Waals surface area (Å²) in [5, 5.41) is 0. The zero-order valence-electron chi connectivity index (χ0n) is 13.1. The summed E-state index contributed by atoms with van der Waals surface area (Å²) in [7, 11) is 0. The minimum Gasteiger partial charge on any atom is -0.368 e. The lowest BCUT2D eigenvalue weighted by Crippen LogP contribution is -2.54. The quantitative estimate of drug-likeness (QED) is 0.844. The molecule has 20 heavy (non-hydrogen) atoms. The van der Waals surface area contributed by atoms with Crippen molar-refractivity contribution >= 4 is 11.6 Å². The molecule has 0 N–H and O–H groups in total. The van der Waals surface area contributed by atoms with E-state index in [1.165, 1.54) is 11.3 Å². The molecule has 0 radical (unpaired) electrons. The second kappa shape index (κ2) is 6.29. The van der Waals surface area contributed by atoms with E-state index in [1.807, 2.05) is 11.8 Å². The van der Waals surface area contributed by atoms with Crippen LogP contribution in [0.4, 0.5) is 5.69 Å². The Morgan fingerprint density at radius 2 is 1.90 bits per heavy atom.